The molecule has 0 fully saturated rings. The predicted molar refractivity (Wildman–Crippen MR) is 145 cm³/mol. The molecular weight excluding hydrogens is 452 g/mol. The lowest BCUT2D eigenvalue weighted by atomic mass is 10.1. The lowest BCUT2D eigenvalue weighted by Gasteiger charge is -2.19. The summed E-state index contributed by atoms with van der Waals surface area (Å²) in [5.41, 5.74) is 4.06. The Balaban J connectivity index is 1.84. The van der Waals surface area contributed by atoms with E-state index in [1.807, 2.05) is 38.1 Å². The standard InChI is InChI=1S/C29H34N4O3/c1-5-33(6-2)16-15-30-29(36)25-14-13-24(31-27(34)22-11-7-9-20(3)17-22)19-26(25)32-28(35)23-12-8-10-21(4)18-23/h7-14,17-19H,5-6,15-16H2,1-4H3,(H,30,36)(H,31,34)(H,32,35). The van der Waals surface area contributed by atoms with E-state index >= 15 is 0 Å². The molecule has 0 bridgehead atoms. The van der Waals surface area contributed by atoms with Crippen molar-refractivity contribution in [2.45, 2.75) is 27.7 Å². The molecule has 0 unspecified atom stereocenters. The molecule has 0 aliphatic rings. The first-order valence-corrected chi connectivity index (χ1v) is 12.2. The quantitative estimate of drug-likeness (QED) is 0.381. The number of likely N-dealkylation sites (N-methyl/N-ethyl adjacent to an activating group) is 1. The minimum Gasteiger partial charge on any atom is -0.351 e. The van der Waals surface area contributed by atoms with Crippen molar-refractivity contribution < 1.29 is 14.4 Å². The summed E-state index contributed by atoms with van der Waals surface area (Å²) in [6, 6.07) is 19.4. The summed E-state index contributed by atoms with van der Waals surface area (Å²) in [7, 11) is 0. The Bertz CT molecular complexity index is 1230. The van der Waals surface area contributed by atoms with Gasteiger partial charge in [0.1, 0.15) is 0 Å². The van der Waals surface area contributed by atoms with Crippen LogP contribution in [-0.4, -0.2) is 48.8 Å². The fourth-order valence-corrected chi connectivity index (χ4v) is 3.86. The molecule has 0 spiro atoms. The van der Waals surface area contributed by atoms with E-state index in [0.717, 1.165) is 30.8 Å². The molecule has 0 aliphatic heterocycles. The summed E-state index contributed by atoms with van der Waals surface area (Å²) in [5, 5.41) is 8.65. The molecule has 7 nitrogen and oxygen atoms in total. The predicted octanol–water partition coefficient (Wildman–Crippen LogP) is 4.88. The molecule has 36 heavy (non-hydrogen) atoms. The lowest BCUT2D eigenvalue weighted by Crippen LogP contribution is -2.35. The third kappa shape index (κ3) is 7.26. The van der Waals surface area contributed by atoms with Crippen LogP contribution in [0.4, 0.5) is 11.4 Å². The largest absolute Gasteiger partial charge is 0.351 e. The van der Waals surface area contributed by atoms with Crippen LogP contribution in [0.15, 0.2) is 66.7 Å². The molecule has 0 heterocycles. The van der Waals surface area contributed by atoms with Crippen LogP contribution < -0.4 is 16.0 Å². The van der Waals surface area contributed by atoms with E-state index < -0.39 is 0 Å². The zero-order valence-electron chi connectivity index (χ0n) is 21.4. The fourth-order valence-electron chi connectivity index (χ4n) is 3.86. The Morgan fingerprint density at radius 1 is 0.722 bits per heavy atom. The van der Waals surface area contributed by atoms with Crippen molar-refractivity contribution in [1.82, 2.24) is 10.2 Å². The molecule has 0 aliphatic carbocycles. The molecule has 3 aromatic carbocycles. The second-order valence-electron chi connectivity index (χ2n) is 8.69. The van der Waals surface area contributed by atoms with E-state index in [1.54, 1.807) is 42.5 Å². The average Bonchev–Trinajstić information content (AvgIpc) is 2.86. The molecule has 0 aromatic heterocycles. The average molecular weight is 487 g/mol. The van der Waals surface area contributed by atoms with Crippen molar-refractivity contribution in [3.05, 3.63) is 94.5 Å². The first kappa shape index (κ1) is 26.6. The van der Waals surface area contributed by atoms with Crippen molar-refractivity contribution >= 4 is 29.1 Å². The van der Waals surface area contributed by atoms with Gasteiger partial charge in [0.05, 0.1) is 11.3 Å². The summed E-state index contributed by atoms with van der Waals surface area (Å²) < 4.78 is 0. The number of rotatable bonds is 10. The van der Waals surface area contributed by atoms with Gasteiger partial charge in [0, 0.05) is 29.9 Å². The third-order valence-electron chi connectivity index (χ3n) is 5.94. The number of aryl methyl sites for hydroxylation is 2. The van der Waals surface area contributed by atoms with E-state index in [4.69, 9.17) is 0 Å². The van der Waals surface area contributed by atoms with Crippen LogP contribution in [-0.2, 0) is 0 Å². The van der Waals surface area contributed by atoms with Crippen LogP contribution in [0.1, 0.15) is 56.0 Å². The molecule has 3 N–H and O–H groups in total. The number of benzene rings is 3. The number of anilines is 2. The first-order chi connectivity index (χ1) is 17.3. The molecular formula is C29H34N4O3. The van der Waals surface area contributed by atoms with E-state index in [0.29, 0.717) is 34.6 Å². The third-order valence-corrected chi connectivity index (χ3v) is 5.94. The monoisotopic (exact) mass is 486 g/mol. The minimum absolute atomic E-state index is 0.272. The maximum absolute atomic E-state index is 13.0. The molecule has 3 amide bonds. The van der Waals surface area contributed by atoms with Gasteiger partial charge in [-0.1, -0.05) is 49.2 Å². The van der Waals surface area contributed by atoms with Gasteiger partial charge >= 0.3 is 0 Å². The summed E-state index contributed by atoms with van der Waals surface area (Å²) >= 11 is 0. The summed E-state index contributed by atoms with van der Waals surface area (Å²) in [6.45, 7) is 11.0. The second kappa shape index (κ2) is 12.7. The number of carbonyl (C=O) groups is 3. The Kier molecular flexibility index (Phi) is 9.36. The van der Waals surface area contributed by atoms with Crippen LogP contribution in [0.3, 0.4) is 0 Å². The van der Waals surface area contributed by atoms with Crippen LogP contribution in [0.25, 0.3) is 0 Å². The Morgan fingerprint density at radius 2 is 1.31 bits per heavy atom. The molecule has 0 saturated carbocycles. The van der Waals surface area contributed by atoms with Crippen LogP contribution >= 0.6 is 0 Å². The summed E-state index contributed by atoms with van der Waals surface area (Å²) in [6.07, 6.45) is 0. The zero-order valence-corrected chi connectivity index (χ0v) is 21.4. The maximum atomic E-state index is 13.0. The summed E-state index contributed by atoms with van der Waals surface area (Å²) in [4.78, 5) is 41.0. The summed E-state index contributed by atoms with van der Waals surface area (Å²) in [5.74, 6) is -0.901. The van der Waals surface area contributed by atoms with Gasteiger partial charge in [-0.15, -0.1) is 0 Å². The van der Waals surface area contributed by atoms with Gasteiger partial charge in [-0.2, -0.15) is 0 Å². The van der Waals surface area contributed by atoms with Crippen LogP contribution in [0.5, 0.6) is 0 Å². The number of nitrogens with zero attached hydrogens (tertiary/aromatic N) is 1. The zero-order chi connectivity index (χ0) is 26.1. The Hall–Kier alpha value is -3.97. The molecule has 7 heteroatoms. The molecule has 3 aromatic rings. The molecule has 0 atom stereocenters. The van der Waals surface area contributed by atoms with Gasteiger partial charge in [-0.25, -0.2) is 0 Å². The van der Waals surface area contributed by atoms with Gasteiger partial charge < -0.3 is 20.9 Å². The van der Waals surface area contributed by atoms with E-state index in [-0.39, 0.29) is 17.7 Å². The SMILES string of the molecule is CCN(CC)CCNC(=O)c1ccc(NC(=O)c2cccc(C)c2)cc1NC(=O)c1cccc(C)c1. The normalized spacial score (nSPS) is 10.7. The van der Waals surface area contributed by atoms with Gasteiger partial charge in [-0.3, -0.25) is 14.4 Å². The highest BCUT2D eigenvalue weighted by Crippen LogP contribution is 2.23. The lowest BCUT2D eigenvalue weighted by molar-refractivity contribution is 0.0949. The second-order valence-corrected chi connectivity index (χ2v) is 8.69. The minimum atomic E-state index is -0.335. The number of amides is 3. The van der Waals surface area contributed by atoms with Crippen molar-refractivity contribution in [3.8, 4) is 0 Å². The van der Waals surface area contributed by atoms with Crippen molar-refractivity contribution in [3.63, 3.8) is 0 Å². The smallest absolute Gasteiger partial charge is 0.255 e. The number of hydrogen-bond acceptors (Lipinski definition) is 4. The highest BCUT2D eigenvalue weighted by atomic mass is 16.2. The molecule has 188 valence electrons. The molecule has 0 saturated heterocycles. The first-order valence-electron chi connectivity index (χ1n) is 12.2. The van der Waals surface area contributed by atoms with Crippen molar-refractivity contribution in [1.29, 1.82) is 0 Å². The van der Waals surface area contributed by atoms with Crippen molar-refractivity contribution in [2.24, 2.45) is 0 Å². The molecule has 0 radical (unpaired) electrons. The van der Waals surface area contributed by atoms with Gasteiger partial charge in [0.15, 0.2) is 0 Å². The Labute approximate surface area is 212 Å². The highest BCUT2D eigenvalue weighted by molar-refractivity contribution is 6.10. The Morgan fingerprint density at radius 3 is 1.86 bits per heavy atom. The fraction of sp³-hybridized carbons (Fsp3) is 0.276. The number of carbonyl (C=O) groups excluding carboxylic acids is 3. The van der Waals surface area contributed by atoms with E-state index in [1.165, 1.54) is 0 Å². The van der Waals surface area contributed by atoms with Crippen LogP contribution in [0.2, 0.25) is 0 Å². The van der Waals surface area contributed by atoms with Gasteiger partial charge in [-0.05, 0) is 69.4 Å². The highest BCUT2D eigenvalue weighted by Gasteiger charge is 2.17. The number of hydrogen-bond donors (Lipinski definition) is 3. The van der Waals surface area contributed by atoms with E-state index in [9.17, 15) is 14.4 Å². The maximum Gasteiger partial charge on any atom is 0.255 e. The van der Waals surface area contributed by atoms with E-state index in [2.05, 4.69) is 34.7 Å². The number of nitrogens with one attached hydrogen (secondary N) is 3. The van der Waals surface area contributed by atoms with Crippen LogP contribution in [0, 0.1) is 13.8 Å². The van der Waals surface area contributed by atoms with Crippen molar-refractivity contribution in [2.75, 3.05) is 36.8 Å². The topological polar surface area (TPSA) is 90.5 Å². The molecule has 3 rings (SSSR count). The van der Waals surface area contributed by atoms with Gasteiger partial charge in [0.2, 0.25) is 0 Å². The van der Waals surface area contributed by atoms with Gasteiger partial charge in [0.25, 0.3) is 17.7 Å².